The Bertz CT molecular complexity index is 533. The molecule has 1 aromatic rings. The molecule has 3 fully saturated rings. The molecular formula is C18H25BO5. The summed E-state index contributed by atoms with van der Waals surface area (Å²) in [7, 11) is -0.807. The van der Waals surface area contributed by atoms with Crippen molar-refractivity contribution in [1.29, 1.82) is 0 Å². The monoisotopic (exact) mass is 332 g/mol. The Morgan fingerprint density at radius 1 is 1.12 bits per heavy atom. The summed E-state index contributed by atoms with van der Waals surface area (Å²) in [5.41, 5.74) is 1.12. The van der Waals surface area contributed by atoms with E-state index in [-0.39, 0.29) is 18.3 Å². The van der Waals surface area contributed by atoms with Crippen LogP contribution >= 0.6 is 0 Å². The Kier molecular flexibility index (Phi) is 4.92. The van der Waals surface area contributed by atoms with Crippen LogP contribution in [0.1, 0.15) is 37.7 Å². The molecule has 5 nitrogen and oxygen atoms in total. The normalized spacial score (nSPS) is 32.0. The van der Waals surface area contributed by atoms with Crippen LogP contribution in [0.3, 0.4) is 0 Å². The van der Waals surface area contributed by atoms with E-state index in [1.165, 1.54) is 6.42 Å². The third kappa shape index (κ3) is 3.53. The first-order chi connectivity index (χ1) is 11.7. The van der Waals surface area contributed by atoms with Crippen LogP contribution in [0.4, 0.5) is 0 Å². The van der Waals surface area contributed by atoms with E-state index in [1.54, 1.807) is 0 Å². The molecule has 1 aromatic carbocycles. The highest BCUT2D eigenvalue weighted by Gasteiger charge is 2.54. The van der Waals surface area contributed by atoms with Crippen molar-refractivity contribution >= 4 is 7.12 Å². The van der Waals surface area contributed by atoms with Crippen LogP contribution in [-0.4, -0.2) is 42.8 Å². The molecule has 2 aliphatic heterocycles. The quantitative estimate of drug-likeness (QED) is 0.859. The molecule has 0 bridgehead atoms. The predicted molar refractivity (Wildman–Crippen MR) is 89.3 cm³/mol. The van der Waals surface area contributed by atoms with E-state index >= 15 is 0 Å². The minimum Gasteiger partial charge on any atom is -0.427 e. The minimum absolute atomic E-state index is 0.0998. The molecule has 24 heavy (non-hydrogen) atoms. The van der Waals surface area contributed by atoms with Gasteiger partial charge in [0.05, 0.1) is 25.4 Å². The van der Waals surface area contributed by atoms with Crippen molar-refractivity contribution in [2.75, 3.05) is 6.61 Å². The maximum Gasteiger partial charge on any atom is 0.457 e. The Morgan fingerprint density at radius 3 is 2.71 bits per heavy atom. The number of fused-ring (bicyclic) bond motifs is 1. The third-order valence-electron chi connectivity index (χ3n) is 5.22. The van der Waals surface area contributed by atoms with Crippen LogP contribution in [0.5, 0.6) is 0 Å². The first-order valence-electron chi connectivity index (χ1n) is 9.05. The maximum absolute atomic E-state index is 10.0. The summed E-state index contributed by atoms with van der Waals surface area (Å²) in [6.07, 6.45) is 5.33. The largest absolute Gasteiger partial charge is 0.457 e. The van der Waals surface area contributed by atoms with Gasteiger partial charge < -0.3 is 23.9 Å². The van der Waals surface area contributed by atoms with Gasteiger partial charge in [-0.2, -0.15) is 0 Å². The van der Waals surface area contributed by atoms with Crippen LogP contribution in [0.15, 0.2) is 30.3 Å². The van der Waals surface area contributed by atoms with Crippen molar-refractivity contribution in [2.45, 2.75) is 69.1 Å². The maximum atomic E-state index is 10.0. The highest BCUT2D eigenvalue weighted by atomic mass is 16.8. The number of ether oxygens (including phenoxy) is 3. The van der Waals surface area contributed by atoms with Crippen LogP contribution in [0, 0.1) is 0 Å². The van der Waals surface area contributed by atoms with E-state index in [2.05, 4.69) is 0 Å². The lowest BCUT2D eigenvalue weighted by atomic mass is 9.76. The minimum atomic E-state index is -0.807. The van der Waals surface area contributed by atoms with Gasteiger partial charge in [0, 0.05) is 19.2 Å². The average Bonchev–Trinajstić information content (AvgIpc) is 2.94. The molecule has 1 aliphatic carbocycles. The van der Waals surface area contributed by atoms with Crippen molar-refractivity contribution in [1.82, 2.24) is 0 Å². The number of benzene rings is 1. The molecule has 1 spiro atoms. The molecule has 3 aliphatic rings. The molecule has 2 saturated heterocycles. The van der Waals surface area contributed by atoms with Gasteiger partial charge in [-0.3, -0.25) is 0 Å². The van der Waals surface area contributed by atoms with Crippen molar-refractivity contribution in [3.05, 3.63) is 35.9 Å². The predicted octanol–water partition coefficient (Wildman–Crippen LogP) is 2.53. The summed E-state index contributed by atoms with van der Waals surface area (Å²) < 4.78 is 24.1. The van der Waals surface area contributed by atoms with E-state index in [0.717, 1.165) is 31.2 Å². The van der Waals surface area contributed by atoms with E-state index in [0.29, 0.717) is 19.5 Å². The zero-order valence-electron chi connectivity index (χ0n) is 13.9. The van der Waals surface area contributed by atoms with Crippen LogP contribution in [0.2, 0.25) is 6.32 Å². The summed E-state index contributed by atoms with van der Waals surface area (Å²) in [5.74, 6) is -0.460. The van der Waals surface area contributed by atoms with Crippen molar-refractivity contribution in [3.63, 3.8) is 0 Å². The fourth-order valence-electron chi connectivity index (χ4n) is 4.05. The lowest BCUT2D eigenvalue weighted by molar-refractivity contribution is -0.199. The summed E-state index contributed by atoms with van der Waals surface area (Å²) in [5, 5.41) is 10.0. The topological polar surface area (TPSA) is 57.2 Å². The van der Waals surface area contributed by atoms with Crippen LogP contribution in [0.25, 0.3) is 0 Å². The van der Waals surface area contributed by atoms with E-state index in [9.17, 15) is 5.02 Å². The standard InChI is InChI=1S/C18H25BO5/c20-19-11-15-17(23-18(22-15)9-5-2-6-10-18)16(24-19)13-21-12-14-7-3-1-4-8-14/h1,3-4,7-8,15-17,20H,2,5-6,9-13H2/t15-,16-,17-/m0/s1. The Hall–Kier alpha value is -0.915. The first-order valence-corrected chi connectivity index (χ1v) is 9.05. The molecule has 4 rings (SSSR count). The molecule has 0 radical (unpaired) electrons. The van der Waals surface area contributed by atoms with E-state index < -0.39 is 12.9 Å². The number of hydrogen-bond donors (Lipinski definition) is 1. The molecule has 3 atom stereocenters. The van der Waals surface area contributed by atoms with Crippen molar-refractivity contribution < 1.29 is 23.9 Å². The molecular weight excluding hydrogens is 307 g/mol. The second-order valence-electron chi connectivity index (χ2n) is 7.08. The highest BCUT2D eigenvalue weighted by Crippen LogP contribution is 2.44. The van der Waals surface area contributed by atoms with E-state index in [4.69, 9.17) is 18.9 Å². The Balaban J connectivity index is 1.37. The zero-order valence-corrected chi connectivity index (χ0v) is 13.9. The van der Waals surface area contributed by atoms with Crippen LogP contribution < -0.4 is 0 Å². The van der Waals surface area contributed by atoms with Gasteiger partial charge in [0.2, 0.25) is 0 Å². The van der Waals surface area contributed by atoms with Gasteiger partial charge in [-0.1, -0.05) is 36.8 Å². The fourth-order valence-corrected chi connectivity index (χ4v) is 4.05. The Morgan fingerprint density at radius 2 is 1.92 bits per heavy atom. The lowest BCUT2D eigenvalue weighted by Crippen LogP contribution is -2.50. The average molecular weight is 332 g/mol. The SMILES string of the molecule is OB1C[C@@H]2OC3(CCCCC3)O[C@@H]2[C@H](COCc2ccccc2)O1. The van der Waals surface area contributed by atoms with Crippen molar-refractivity contribution in [3.8, 4) is 0 Å². The number of hydrogen-bond acceptors (Lipinski definition) is 5. The Labute approximate surface area is 143 Å². The van der Waals surface area contributed by atoms with E-state index in [1.807, 2.05) is 30.3 Å². The van der Waals surface area contributed by atoms with Crippen LogP contribution in [-0.2, 0) is 25.5 Å². The van der Waals surface area contributed by atoms with Gasteiger partial charge in [-0.15, -0.1) is 0 Å². The molecule has 0 aromatic heterocycles. The molecule has 0 amide bonds. The fraction of sp³-hybridized carbons (Fsp3) is 0.667. The summed E-state index contributed by atoms with van der Waals surface area (Å²) >= 11 is 0. The summed E-state index contributed by atoms with van der Waals surface area (Å²) in [6.45, 7) is 0.923. The van der Waals surface area contributed by atoms with Gasteiger partial charge in [-0.05, 0) is 18.4 Å². The van der Waals surface area contributed by atoms with Gasteiger partial charge >= 0.3 is 7.12 Å². The molecule has 0 unspecified atom stereocenters. The lowest BCUT2D eigenvalue weighted by Gasteiger charge is -2.33. The third-order valence-corrected chi connectivity index (χ3v) is 5.22. The molecule has 2 heterocycles. The second kappa shape index (κ2) is 7.14. The summed E-state index contributed by atoms with van der Waals surface area (Å²) in [4.78, 5) is 0. The van der Waals surface area contributed by atoms with Crippen molar-refractivity contribution in [2.24, 2.45) is 0 Å². The molecule has 130 valence electrons. The highest BCUT2D eigenvalue weighted by molar-refractivity contribution is 6.43. The van der Waals surface area contributed by atoms with Gasteiger partial charge in [0.25, 0.3) is 0 Å². The molecule has 1 saturated carbocycles. The van der Waals surface area contributed by atoms with Gasteiger partial charge in [-0.25, -0.2) is 0 Å². The molecule has 6 heteroatoms. The smallest absolute Gasteiger partial charge is 0.427 e. The molecule has 1 N–H and O–H groups in total. The second-order valence-corrected chi connectivity index (χ2v) is 7.08. The summed E-state index contributed by atoms with van der Waals surface area (Å²) in [6, 6.07) is 10.0. The van der Waals surface area contributed by atoms with Gasteiger partial charge in [0.1, 0.15) is 6.10 Å². The van der Waals surface area contributed by atoms with Gasteiger partial charge in [0.15, 0.2) is 5.79 Å². The zero-order chi connectivity index (χ0) is 16.4. The number of rotatable bonds is 4. The first kappa shape index (κ1) is 16.5.